The lowest BCUT2D eigenvalue weighted by Crippen LogP contribution is -2.65. The van der Waals surface area contributed by atoms with Crippen molar-refractivity contribution in [3.05, 3.63) is 65.7 Å². The van der Waals surface area contributed by atoms with Gasteiger partial charge in [-0.1, -0.05) is 75.6 Å². The van der Waals surface area contributed by atoms with E-state index in [-0.39, 0.29) is 23.8 Å². The molecule has 0 bridgehead atoms. The van der Waals surface area contributed by atoms with E-state index in [0.29, 0.717) is 30.5 Å². The highest BCUT2D eigenvalue weighted by atomic mass is 16.2. The van der Waals surface area contributed by atoms with Gasteiger partial charge in [0.2, 0.25) is 5.91 Å². The minimum Gasteiger partial charge on any atom is -0.352 e. The van der Waals surface area contributed by atoms with Crippen LogP contribution < -0.4 is 10.6 Å². The maximum atomic E-state index is 14.1. The summed E-state index contributed by atoms with van der Waals surface area (Å²) in [7, 11) is 0. The molecule has 180 valence electrons. The maximum Gasteiger partial charge on any atom is 0.257 e. The van der Waals surface area contributed by atoms with Crippen LogP contribution in [0.15, 0.2) is 54.6 Å². The first-order valence-electron chi connectivity index (χ1n) is 12.6. The minimum atomic E-state index is -1.19. The summed E-state index contributed by atoms with van der Waals surface area (Å²) in [6, 6.07) is 16.2. The first kappa shape index (κ1) is 24.0. The van der Waals surface area contributed by atoms with Crippen molar-refractivity contribution >= 4 is 23.4 Å². The van der Waals surface area contributed by atoms with Crippen LogP contribution in [0.5, 0.6) is 0 Å². The predicted molar refractivity (Wildman–Crippen MR) is 134 cm³/mol. The van der Waals surface area contributed by atoms with Crippen molar-refractivity contribution in [1.82, 2.24) is 10.2 Å². The molecule has 1 saturated carbocycles. The number of carbonyl (C=O) groups is 3. The lowest BCUT2D eigenvalue weighted by molar-refractivity contribution is -0.135. The monoisotopic (exact) mass is 461 g/mol. The predicted octanol–water partition coefficient (Wildman–Crippen LogP) is 4.70. The molecule has 1 fully saturated rings. The molecule has 0 spiro atoms. The number of rotatable bonds is 7. The number of para-hydroxylation sites is 1. The molecule has 3 amide bonds. The van der Waals surface area contributed by atoms with Gasteiger partial charge in [0.05, 0.1) is 11.3 Å². The Bertz CT molecular complexity index is 1030. The normalized spacial score (nSPS) is 21.9. The third-order valence-corrected chi connectivity index (χ3v) is 7.39. The Morgan fingerprint density at radius 3 is 2.38 bits per heavy atom. The molecule has 0 aromatic heterocycles. The second-order valence-corrected chi connectivity index (χ2v) is 9.49. The molecule has 2 aromatic rings. The number of fused-ring (bicyclic) bond motifs is 1. The Labute approximate surface area is 202 Å². The maximum absolute atomic E-state index is 14.1. The van der Waals surface area contributed by atoms with Gasteiger partial charge in [-0.3, -0.25) is 14.4 Å². The van der Waals surface area contributed by atoms with Gasteiger partial charge in [-0.15, -0.1) is 0 Å². The van der Waals surface area contributed by atoms with Gasteiger partial charge in [0, 0.05) is 12.5 Å². The van der Waals surface area contributed by atoms with Crippen LogP contribution in [0, 0.1) is 0 Å². The number of anilines is 1. The quantitative estimate of drug-likeness (QED) is 0.627. The van der Waals surface area contributed by atoms with E-state index in [0.717, 1.165) is 31.2 Å². The topological polar surface area (TPSA) is 78.5 Å². The zero-order valence-corrected chi connectivity index (χ0v) is 20.2. The molecule has 2 unspecified atom stereocenters. The number of nitrogens with one attached hydrogen (secondary N) is 2. The summed E-state index contributed by atoms with van der Waals surface area (Å²) in [5, 5.41) is 6.22. The summed E-state index contributed by atoms with van der Waals surface area (Å²) in [4.78, 5) is 43.2. The number of carbonyl (C=O) groups excluding carboxylic acids is 3. The molecule has 1 aliphatic carbocycles. The molecule has 2 N–H and O–H groups in total. The molecule has 2 atom stereocenters. The Kier molecular flexibility index (Phi) is 7.35. The minimum absolute atomic E-state index is 0.128. The summed E-state index contributed by atoms with van der Waals surface area (Å²) in [5.41, 5.74) is 0.671. The Morgan fingerprint density at radius 2 is 1.71 bits per heavy atom. The molecule has 1 aliphatic heterocycles. The first-order chi connectivity index (χ1) is 16.5. The molecular formula is C28H35N3O3. The first-order valence-corrected chi connectivity index (χ1v) is 12.6. The van der Waals surface area contributed by atoms with Crippen molar-refractivity contribution in [2.45, 2.75) is 82.8 Å². The smallest absolute Gasteiger partial charge is 0.257 e. The van der Waals surface area contributed by atoms with Gasteiger partial charge in [-0.05, 0) is 43.4 Å². The fourth-order valence-corrected chi connectivity index (χ4v) is 5.48. The Balaban J connectivity index is 1.79. The molecule has 6 nitrogen and oxygen atoms in total. The van der Waals surface area contributed by atoms with E-state index in [1.54, 1.807) is 29.2 Å². The highest BCUT2D eigenvalue weighted by Gasteiger charge is 2.51. The molecule has 0 saturated heterocycles. The van der Waals surface area contributed by atoms with E-state index < -0.39 is 11.6 Å². The van der Waals surface area contributed by atoms with Crippen molar-refractivity contribution in [2.75, 3.05) is 5.32 Å². The largest absolute Gasteiger partial charge is 0.352 e. The number of hydrogen-bond donors (Lipinski definition) is 2. The van der Waals surface area contributed by atoms with Gasteiger partial charge in [-0.2, -0.15) is 0 Å². The highest BCUT2D eigenvalue weighted by molar-refractivity contribution is 6.13. The third-order valence-electron chi connectivity index (χ3n) is 7.39. The summed E-state index contributed by atoms with van der Waals surface area (Å²) < 4.78 is 0. The third kappa shape index (κ3) is 4.59. The van der Waals surface area contributed by atoms with Crippen LogP contribution in [0.2, 0.25) is 0 Å². The molecule has 6 heteroatoms. The zero-order chi connectivity index (χ0) is 24.1. The second-order valence-electron chi connectivity index (χ2n) is 9.49. The van der Waals surface area contributed by atoms with E-state index in [2.05, 4.69) is 10.6 Å². The van der Waals surface area contributed by atoms with Crippen LogP contribution in [0.1, 0.15) is 74.7 Å². The number of hydrogen-bond acceptors (Lipinski definition) is 3. The second kappa shape index (κ2) is 10.4. The molecule has 0 radical (unpaired) electrons. The van der Waals surface area contributed by atoms with Crippen LogP contribution in [0.4, 0.5) is 5.69 Å². The Hall–Kier alpha value is -3.15. The Morgan fingerprint density at radius 1 is 1.03 bits per heavy atom. The van der Waals surface area contributed by atoms with E-state index in [9.17, 15) is 14.4 Å². The number of nitrogens with zero attached hydrogens (tertiary/aromatic N) is 1. The molecular weight excluding hydrogens is 426 g/mol. The lowest BCUT2D eigenvalue weighted by Gasteiger charge is -2.45. The van der Waals surface area contributed by atoms with Gasteiger partial charge >= 0.3 is 0 Å². The van der Waals surface area contributed by atoms with E-state index in [1.807, 2.05) is 44.2 Å². The molecule has 1 heterocycles. The van der Waals surface area contributed by atoms with Crippen molar-refractivity contribution in [3.63, 3.8) is 0 Å². The van der Waals surface area contributed by atoms with Crippen LogP contribution in [0.25, 0.3) is 0 Å². The van der Waals surface area contributed by atoms with Crippen LogP contribution in [0.3, 0.4) is 0 Å². The van der Waals surface area contributed by atoms with Crippen molar-refractivity contribution in [1.29, 1.82) is 0 Å². The average Bonchev–Trinajstić information content (AvgIpc) is 2.95. The zero-order valence-electron chi connectivity index (χ0n) is 20.2. The van der Waals surface area contributed by atoms with Crippen LogP contribution in [-0.4, -0.2) is 40.2 Å². The van der Waals surface area contributed by atoms with E-state index in [1.165, 1.54) is 6.42 Å². The van der Waals surface area contributed by atoms with Crippen LogP contribution in [-0.2, 0) is 16.0 Å². The fourth-order valence-electron chi connectivity index (χ4n) is 5.48. The van der Waals surface area contributed by atoms with Gasteiger partial charge in [0.15, 0.2) is 0 Å². The van der Waals surface area contributed by atoms with Crippen LogP contribution >= 0.6 is 0 Å². The van der Waals surface area contributed by atoms with Crippen molar-refractivity contribution < 1.29 is 14.4 Å². The standard InChI is InChI=1S/C28H35N3O3/c1-3-24(25(32)29-21-15-9-6-10-16-21)31-26(33)22-17-11-12-18-23(22)30-27(34)28(31,4-2)19-20-13-7-5-8-14-20/h5,7-8,11-14,17-18,21,24H,3-4,6,9-10,15-16,19H2,1-2H3,(H,29,32)(H,30,34). The van der Waals surface area contributed by atoms with Gasteiger partial charge < -0.3 is 15.5 Å². The molecule has 2 aromatic carbocycles. The summed E-state index contributed by atoms with van der Waals surface area (Å²) >= 11 is 0. The average molecular weight is 462 g/mol. The molecule has 4 rings (SSSR count). The van der Waals surface area contributed by atoms with Gasteiger partial charge in [-0.25, -0.2) is 0 Å². The summed E-state index contributed by atoms with van der Waals surface area (Å²) in [5.74, 6) is -0.695. The number of amides is 3. The fraction of sp³-hybridized carbons (Fsp3) is 0.464. The van der Waals surface area contributed by atoms with Gasteiger partial charge in [0.25, 0.3) is 11.8 Å². The molecule has 2 aliphatic rings. The van der Waals surface area contributed by atoms with Crippen molar-refractivity contribution in [2.24, 2.45) is 0 Å². The van der Waals surface area contributed by atoms with Gasteiger partial charge in [0.1, 0.15) is 11.6 Å². The highest BCUT2D eigenvalue weighted by Crippen LogP contribution is 2.36. The van der Waals surface area contributed by atoms with Crippen molar-refractivity contribution in [3.8, 4) is 0 Å². The van der Waals surface area contributed by atoms with E-state index in [4.69, 9.17) is 0 Å². The summed E-state index contributed by atoms with van der Waals surface area (Å²) in [6.07, 6.45) is 6.48. The molecule has 34 heavy (non-hydrogen) atoms. The SMILES string of the molecule is CCC(C(=O)NC1CCCCC1)N1C(=O)c2ccccc2NC(=O)C1(CC)Cc1ccccc1. The van der Waals surface area contributed by atoms with E-state index >= 15 is 0 Å². The number of benzene rings is 2. The summed E-state index contributed by atoms with van der Waals surface area (Å²) in [6.45, 7) is 3.83. The lowest BCUT2D eigenvalue weighted by atomic mass is 9.83.